The van der Waals surface area contributed by atoms with Crippen molar-refractivity contribution in [2.24, 2.45) is 0 Å². The Bertz CT molecular complexity index is 2240. The number of hydrogen-bond donors (Lipinski definition) is 1. The molecule has 0 radical (unpaired) electrons. The first-order valence-corrected chi connectivity index (χ1v) is 16.0. The van der Waals surface area contributed by atoms with E-state index in [0.29, 0.717) is 27.0 Å². The molecule has 0 saturated carbocycles. The van der Waals surface area contributed by atoms with Gasteiger partial charge >= 0.3 is 5.91 Å². The molecule has 1 aliphatic rings. The third-order valence-electron chi connectivity index (χ3n) is 8.01. The van der Waals surface area contributed by atoms with Crippen LogP contribution in [0.3, 0.4) is 0 Å². The molecule has 228 valence electrons. The van der Waals surface area contributed by atoms with E-state index in [-0.39, 0.29) is 22.1 Å². The lowest BCUT2D eigenvalue weighted by Crippen LogP contribution is -2.29. The minimum absolute atomic E-state index is 0.155. The number of ketones is 1. The van der Waals surface area contributed by atoms with Crippen LogP contribution in [0.5, 0.6) is 0 Å². The zero-order valence-corrected chi connectivity index (χ0v) is 26.1. The van der Waals surface area contributed by atoms with E-state index >= 15 is 0 Å². The molecule has 1 fully saturated rings. The summed E-state index contributed by atoms with van der Waals surface area (Å²) < 4.78 is 2.38. The fraction of sp³-hybridized carbons (Fsp3) is 0.121. The smallest absolute Gasteiger partial charge is 0.301 e. The van der Waals surface area contributed by atoms with E-state index in [1.54, 1.807) is 17.5 Å². The molecule has 3 aromatic carbocycles. The van der Waals surface area contributed by atoms with E-state index in [9.17, 15) is 24.8 Å². The fourth-order valence-electron chi connectivity index (χ4n) is 5.71. The van der Waals surface area contributed by atoms with Gasteiger partial charge in [0.25, 0.3) is 11.5 Å². The van der Waals surface area contributed by atoms with E-state index in [1.807, 2.05) is 43.3 Å². The number of aryl methyl sites for hydroxylation is 2. The Labute approximate surface area is 270 Å². The molecule has 0 bridgehead atoms. The molecular weight excluding hydrogens is 625 g/mol. The summed E-state index contributed by atoms with van der Waals surface area (Å²) in [6.07, 6.45) is 1.80. The summed E-state index contributed by atoms with van der Waals surface area (Å²) in [4.78, 5) is 44.0. The first-order valence-electron chi connectivity index (χ1n) is 14.2. The molecule has 1 atom stereocenters. The number of imidazole rings is 1. The molecule has 1 N–H and O–H groups in total. The number of anilines is 1. The number of Topliss-reactive ketones (excluding diaryl/α,β-unsaturated/α-hetero) is 1. The summed E-state index contributed by atoms with van der Waals surface area (Å²) in [6, 6.07) is 22.3. The topological polar surface area (TPSA) is 144 Å². The van der Waals surface area contributed by atoms with Gasteiger partial charge in [-0.1, -0.05) is 71.6 Å². The lowest BCUT2D eigenvalue weighted by Gasteiger charge is -2.22. The molecule has 0 spiro atoms. The second-order valence-electron chi connectivity index (χ2n) is 10.7. The summed E-state index contributed by atoms with van der Waals surface area (Å²) >= 11 is 2.60. The van der Waals surface area contributed by atoms with Crippen LogP contribution >= 0.6 is 23.1 Å². The molecule has 1 saturated heterocycles. The number of aromatic nitrogens is 4. The number of hydrogen-bond acceptors (Lipinski definition) is 10. The van der Waals surface area contributed by atoms with Gasteiger partial charge in [-0.15, -0.1) is 10.2 Å². The van der Waals surface area contributed by atoms with Gasteiger partial charge in [-0.25, -0.2) is 4.98 Å². The molecule has 46 heavy (non-hydrogen) atoms. The molecule has 1 unspecified atom stereocenters. The maximum Gasteiger partial charge on any atom is 0.301 e. The van der Waals surface area contributed by atoms with Crippen molar-refractivity contribution < 1.29 is 19.6 Å². The van der Waals surface area contributed by atoms with Crippen molar-refractivity contribution in [2.75, 3.05) is 4.90 Å². The Morgan fingerprint density at radius 2 is 1.76 bits per heavy atom. The number of nitro benzene ring substituents is 1. The van der Waals surface area contributed by atoms with Gasteiger partial charge < -0.3 is 9.51 Å². The first kappa shape index (κ1) is 29.3. The van der Waals surface area contributed by atoms with Gasteiger partial charge in [0.05, 0.1) is 22.2 Å². The number of carbonyl (C=O) groups is 2. The Morgan fingerprint density at radius 3 is 2.52 bits per heavy atom. The largest absolute Gasteiger partial charge is 0.505 e. The number of amides is 1. The molecule has 4 heterocycles. The van der Waals surface area contributed by atoms with Crippen LogP contribution in [0.15, 0.2) is 95.0 Å². The van der Waals surface area contributed by atoms with Gasteiger partial charge in [-0.05, 0) is 59.5 Å². The highest BCUT2D eigenvalue weighted by Gasteiger charge is 2.49. The van der Waals surface area contributed by atoms with Crippen LogP contribution < -0.4 is 4.90 Å². The third-order valence-corrected chi connectivity index (χ3v) is 10.1. The molecule has 11 nitrogen and oxygen atoms in total. The lowest BCUT2D eigenvalue weighted by molar-refractivity contribution is -0.384. The van der Waals surface area contributed by atoms with Crippen LogP contribution in [0.4, 0.5) is 10.8 Å². The number of aliphatic hydroxyl groups is 1. The average molecular weight is 649 g/mol. The third kappa shape index (κ3) is 4.89. The van der Waals surface area contributed by atoms with Crippen molar-refractivity contribution in [3.05, 3.63) is 129 Å². The summed E-state index contributed by atoms with van der Waals surface area (Å²) in [5.74, 6) is -1.66. The number of thioether (sulfide) groups is 1. The van der Waals surface area contributed by atoms with E-state index < -0.39 is 28.4 Å². The Balaban J connectivity index is 1.30. The first-order chi connectivity index (χ1) is 22.2. The minimum Gasteiger partial charge on any atom is -0.505 e. The summed E-state index contributed by atoms with van der Waals surface area (Å²) in [5, 5.41) is 34.1. The summed E-state index contributed by atoms with van der Waals surface area (Å²) in [5.41, 5.74) is 3.33. The van der Waals surface area contributed by atoms with Crippen molar-refractivity contribution in [2.45, 2.75) is 30.0 Å². The van der Waals surface area contributed by atoms with Crippen LogP contribution in [0.2, 0.25) is 0 Å². The number of non-ortho nitro benzene ring substituents is 1. The molecule has 3 aromatic heterocycles. The maximum absolute atomic E-state index is 13.7. The lowest BCUT2D eigenvalue weighted by atomic mass is 9.96. The van der Waals surface area contributed by atoms with Crippen LogP contribution in [0.1, 0.15) is 34.1 Å². The molecule has 0 aliphatic carbocycles. The van der Waals surface area contributed by atoms with Crippen molar-refractivity contribution >= 4 is 67.8 Å². The number of carbonyl (C=O) groups excluding carboxylic acids is 2. The number of benzene rings is 3. The van der Waals surface area contributed by atoms with Gasteiger partial charge in [0.1, 0.15) is 11.3 Å². The van der Waals surface area contributed by atoms with Crippen molar-refractivity contribution in [1.29, 1.82) is 0 Å². The fourth-order valence-corrected chi connectivity index (χ4v) is 7.59. The van der Waals surface area contributed by atoms with E-state index in [2.05, 4.69) is 33.4 Å². The number of aliphatic hydroxyl groups excluding tert-OH is 1. The van der Waals surface area contributed by atoms with Crippen molar-refractivity contribution in [1.82, 2.24) is 19.6 Å². The van der Waals surface area contributed by atoms with Gasteiger partial charge in [0, 0.05) is 24.1 Å². The molecule has 13 heteroatoms. The van der Waals surface area contributed by atoms with Gasteiger partial charge in [0.15, 0.2) is 10.1 Å². The normalized spacial score (nSPS) is 16.1. The Kier molecular flexibility index (Phi) is 7.34. The molecular formula is C33H24N6O5S2. The minimum atomic E-state index is -1.13. The highest BCUT2D eigenvalue weighted by Crippen LogP contribution is 2.44. The highest BCUT2D eigenvalue weighted by atomic mass is 32.2. The van der Waals surface area contributed by atoms with Gasteiger partial charge in [-0.3, -0.25) is 24.6 Å². The standard InChI is InChI=1S/C33H24N6O5S2/c1-18-7-6-16-37-19(2)26(34-30(18)37)28(40)25-27(21-12-14-23(15-13-21)39(43)44)38(31(42)29(25)41)32-35-36-33(46-32)45-17-22-10-5-9-20-8-3-4-11-24(20)22/h3-16,27,40H,17H2,1-2H3. The SMILES string of the molecule is Cc1cccn2c(C)c(C(O)=C3C(=O)C(=O)N(c4nnc(SCc5cccc6ccccc56)s4)C3c3ccc([N+](=O)[O-])cc3)nc12. The molecule has 7 rings (SSSR count). The Morgan fingerprint density at radius 1 is 1.00 bits per heavy atom. The van der Waals surface area contributed by atoms with Gasteiger partial charge in [-0.2, -0.15) is 0 Å². The van der Waals surface area contributed by atoms with Crippen molar-refractivity contribution in [3.8, 4) is 0 Å². The number of nitrogens with zero attached hydrogens (tertiary/aromatic N) is 6. The van der Waals surface area contributed by atoms with Crippen LogP contribution in [-0.4, -0.2) is 41.3 Å². The summed E-state index contributed by atoms with van der Waals surface area (Å²) in [6.45, 7) is 3.64. The van der Waals surface area contributed by atoms with Crippen LogP contribution in [0, 0.1) is 24.0 Å². The summed E-state index contributed by atoms with van der Waals surface area (Å²) in [7, 11) is 0. The van der Waals surface area contributed by atoms with Crippen molar-refractivity contribution in [3.63, 3.8) is 0 Å². The molecule has 6 aromatic rings. The zero-order chi connectivity index (χ0) is 32.1. The zero-order valence-electron chi connectivity index (χ0n) is 24.4. The number of fused-ring (bicyclic) bond motifs is 2. The molecule has 1 amide bonds. The average Bonchev–Trinajstić information content (AvgIpc) is 3.74. The number of pyridine rings is 1. The monoisotopic (exact) mass is 648 g/mol. The maximum atomic E-state index is 13.7. The van der Waals surface area contributed by atoms with E-state index in [1.165, 1.54) is 40.9 Å². The van der Waals surface area contributed by atoms with Crippen LogP contribution in [0.25, 0.3) is 22.2 Å². The quantitative estimate of drug-likeness (QED) is 0.0377. The number of rotatable bonds is 7. The molecule has 1 aliphatic heterocycles. The second kappa shape index (κ2) is 11.5. The predicted molar refractivity (Wildman–Crippen MR) is 176 cm³/mol. The van der Waals surface area contributed by atoms with E-state index in [0.717, 1.165) is 33.2 Å². The predicted octanol–water partition coefficient (Wildman–Crippen LogP) is 6.78. The highest BCUT2D eigenvalue weighted by molar-refractivity contribution is 8.00. The van der Waals surface area contributed by atoms with Crippen LogP contribution in [-0.2, 0) is 15.3 Å². The van der Waals surface area contributed by atoms with E-state index in [4.69, 9.17) is 0 Å². The number of nitro groups is 1. The second-order valence-corrected chi connectivity index (χ2v) is 12.9. The Hall–Kier alpha value is -5.40. The van der Waals surface area contributed by atoms with Gasteiger partial charge in [0.2, 0.25) is 5.13 Å².